The van der Waals surface area contributed by atoms with E-state index in [0.29, 0.717) is 25.2 Å². The lowest BCUT2D eigenvalue weighted by molar-refractivity contribution is -0.139. The van der Waals surface area contributed by atoms with Crippen LogP contribution in [-0.2, 0) is 14.4 Å². The normalized spacial score (nSPS) is 32.2. The predicted octanol–water partition coefficient (Wildman–Crippen LogP) is 2.65. The maximum absolute atomic E-state index is 13.8. The Labute approximate surface area is 200 Å². The second-order valence-electron chi connectivity index (χ2n) is 9.51. The Kier molecular flexibility index (Phi) is 7.34. The highest BCUT2D eigenvalue weighted by Gasteiger charge is 2.75. The van der Waals surface area contributed by atoms with Gasteiger partial charge in [-0.05, 0) is 37.3 Å². The molecule has 2 bridgehead atoms. The quantitative estimate of drug-likeness (QED) is 0.454. The summed E-state index contributed by atoms with van der Waals surface area (Å²) >= 11 is 1.68. The average Bonchev–Trinajstić information content (AvgIpc) is 3.39. The Bertz CT molecular complexity index is 882. The van der Waals surface area contributed by atoms with Crippen molar-refractivity contribution in [3.8, 4) is 0 Å². The molecule has 1 aromatic carbocycles. The molecule has 3 heterocycles. The van der Waals surface area contributed by atoms with Gasteiger partial charge in [0.15, 0.2) is 0 Å². The number of benzene rings is 1. The zero-order valence-electron chi connectivity index (χ0n) is 19.5. The topological polar surface area (TPSA) is 98.7 Å². The molecule has 0 aromatic heterocycles. The smallest absolute Gasteiger partial charge is 0.244 e. The summed E-state index contributed by atoms with van der Waals surface area (Å²) in [4.78, 5) is 42.3. The summed E-state index contributed by atoms with van der Waals surface area (Å²) in [5, 5.41) is 15.5. The minimum absolute atomic E-state index is 0.0213. The van der Waals surface area contributed by atoms with Gasteiger partial charge in [-0.1, -0.05) is 44.9 Å². The number of nitrogens with zero attached hydrogens (tertiary/aromatic N) is 1. The number of thioether (sulfide) groups is 1. The molecule has 0 aliphatic carbocycles. The van der Waals surface area contributed by atoms with Gasteiger partial charge < -0.3 is 20.6 Å². The van der Waals surface area contributed by atoms with Crippen molar-refractivity contribution in [3.05, 3.63) is 30.3 Å². The lowest BCUT2D eigenvalue weighted by Gasteiger charge is -2.38. The summed E-state index contributed by atoms with van der Waals surface area (Å²) in [5.41, 5.74) is 0.713. The number of unbranched alkanes of at least 4 members (excludes halogenated alkanes) is 2. The molecule has 3 aliphatic heterocycles. The van der Waals surface area contributed by atoms with Crippen LogP contribution in [0.2, 0.25) is 0 Å². The number of hydrogen-bond donors (Lipinski definition) is 3. The molecule has 180 valence electrons. The molecule has 1 aromatic rings. The number of nitrogens with one attached hydrogen (secondary N) is 2. The molecule has 7 nitrogen and oxygen atoms in total. The fourth-order valence-corrected chi connectivity index (χ4v) is 8.45. The maximum atomic E-state index is 13.8. The Hall–Kier alpha value is -2.06. The van der Waals surface area contributed by atoms with E-state index >= 15 is 0 Å². The number of anilines is 1. The van der Waals surface area contributed by atoms with Gasteiger partial charge in [-0.25, -0.2) is 0 Å². The Morgan fingerprint density at radius 2 is 1.94 bits per heavy atom. The third kappa shape index (κ3) is 4.16. The molecule has 3 fully saturated rings. The van der Waals surface area contributed by atoms with Crippen molar-refractivity contribution in [3.63, 3.8) is 0 Å². The van der Waals surface area contributed by atoms with E-state index in [9.17, 15) is 19.5 Å². The van der Waals surface area contributed by atoms with E-state index in [2.05, 4.69) is 24.5 Å². The molecule has 8 heteroatoms. The number of aliphatic hydroxyl groups excluding tert-OH is 1. The van der Waals surface area contributed by atoms with Gasteiger partial charge in [-0.3, -0.25) is 14.4 Å². The number of amides is 3. The second-order valence-corrected chi connectivity index (χ2v) is 11.1. The van der Waals surface area contributed by atoms with Crippen LogP contribution >= 0.6 is 11.8 Å². The van der Waals surface area contributed by atoms with Crippen molar-refractivity contribution in [1.29, 1.82) is 0 Å². The van der Waals surface area contributed by atoms with Crippen molar-refractivity contribution in [2.75, 3.05) is 25.0 Å². The first kappa shape index (κ1) is 24.1. The zero-order valence-corrected chi connectivity index (χ0v) is 20.3. The van der Waals surface area contributed by atoms with E-state index in [1.54, 1.807) is 16.7 Å². The van der Waals surface area contributed by atoms with E-state index in [0.717, 1.165) is 25.7 Å². The molecular formula is C25H35N3O4S. The molecule has 6 atom stereocenters. The molecule has 0 saturated carbocycles. The highest BCUT2D eigenvalue weighted by atomic mass is 32.2. The van der Waals surface area contributed by atoms with Crippen LogP contribution in [0.15, 0.2) is 30.3 Å². The average molecular weight is 474 g/mol. The molecule has 3 unspecified atom stereocenters. The molecule has 3 amide bonds. The van der Waals surface area contributed by atoms with Gasteiger partial charge in [-0.2, -0.15) is 0 Å². The van der Waals surface area contributed by atoms with Crippen LogP contribution in [0.4, 0.5) is 5.69 Å². The van der Waals surface area contributed by atoms with Crippen molar-refractivity contribution < 1.29 is 19.5 Å². The number of carbonyl (C=O) groups is 3. The van der Waals surface area contributed by atoms with Crippen LogP contribution in [0.25, 0.3) is 0 Å². The number of likely N-dealkylation sites (tertiary alicyclic amines) is 1. The van der Waals surface area contributed by atoms with Crippen LogP contribution in [0.3, 0.4) is 0 Å². The molecule has 0 radical (unpaired) electrons. The zero-order chi connectivity index (χ0) is 23.6. The van der Waals surface area contributed by atoms with Crippen LogP contribution in [0.1, 0.15) is 46.0 Å². The summed E-state index contributed by atoms with van der Waals surface area (Å²) in [5.74, 6) is -1.22. The van der Waals surface area contributed by atoms with Gasteiger partial charge in [0.25, 0.3) is 0 Å². The summed E-state index contributed by atoms with van der Waals surface area (Å²) in [6, 6.07) is 8.70. The van der Waals surface area contributed by atoms with Crippen molar-refractivity contribution in [2.24, 2.45) is 17.8 Å². The lowest BCUT2D eigenvalue weighted by Crippen LogP contribution is -2.56. The van der Waals surface area contributed by atoms with E-state index in [4.69, 9.17) is 0 Å². The monoisotopic (exact) mass is 473 g/mol. The second kappa shape index (κ2) is 10.1. The van der Waals surface area contributed by atoms with Crippen molar-refractivity contribution in [1.82, 2.24) is 10.2 Å². The number of aliphatic hydroxyl groups is 1. The first-order valence-corrected chi connectivity index (χ1v) is 13.1. The highest BCUT2D eigenvalue weighted by Crippen LogP contribution is 2.68. The first-order chi connectivity index (χ1) is 16.0. The van der Waals surface area contributed by atoms with Gasteiger partial charge in [0.2, 0.25) is 17.7 Å². The summed E-state index contributed by atoms with van der Waals surface area (Å²) < 4.78 is -0.606. The van der Waals surface area contributed by atoms with Crippen molar-refractivity contribution >= 4 is 35.2 Å². The third-order valence-electron chi connectivity index (χ3n) is 7.47. The number of carbonyl (C=O) groups excluding carboxylic acids is 3. The molecule has 1 spiro atoms. The minimum Gasteiger partial charge on any atom is -0.396 e. The molecule has 3 N–H and O–H groups in total. The van der Waals surface area contributed by atoms with Crippen LogP contribution in [-0.4, -0.2) is 63.5 Å². The van der Waals surface area contributed by atoms with Gasteiger partial charge >= 0.3 is 0 Å². The molecule has 33 heavy (non-hydrogen) atoms. The number of fused-ring (bicyclic) bond motifs is 1. The van der Waals surface area contributed by atoms with E-state index in [1.165, 1.54) is 0 Å². The first-order valence-electron chi connectivity index (χ1n) is 12.2. The maximum Gasteiger partial charge on any atom is 0.244 e. The fourth-order valence-electron chi connectivity index (χ4n) is 6.03. The summed E-state index contributed by atoms with van der Waals surface area (Å²) in [6.07, 6.45) is 4.25. The van der Waals surface area contributed by atoms with Crippen molar-refractivity contribution in [2.45, 2.75) is 62.0 Å². The predicted molar refractivity (Wildman–Crippen MR) is 130 cm³/mol. The molecule has 3 saturated heterocycles. The van der Waals surface area contributed by atoms with Crippen LogP contribution in [0, 0.1) is 17.8 Å². The van der Waals surface area contributed by atoms with Gasteiger partial charge in [0, 0.05) is 30.6 Å². The Morgan fingerprint density at radius 3 is 2.64 bits per heavy atom. The number of para-hydroxylation sites is 1. The van der Waals surface area contributed by atoms with Crippen LogP contribution in [0.5, 0.6) is 0 Å². The molecule has 4 rings (SSSR count). The van der Waals surface area contributed by atoms with Gasteiger partial charge in [-0.15, -0.1) is 11.8 Å². The molecular weight excluding hydrogens is 438 g/mol. The highest BCUT2D eigenvalue weighted by molar-refractivity contribution is 8.02. The standard InChI is InChI=1S/C25H35N3O4S/c1-3-4-8-12-26-23(31)21-25-16(2)15-18(33-25)19(20(25)24(32)28(21)13-9-14-29)22(30)27-17-10-6-5-7-11-17/h5-7,10-11,16,18-21,29H,3-4,8-9,12-15H2,1-2H3,(H,26,31)(H,27,30)/t16?,18-,19+,20+,21?,25?/m1/s1. The number of rotatable bonds is 10. The summed E-state index contributed by atoms with van der Waals surface area (Å²) in [7, 11) is 0. The van der Waals surface area contributed by atoms with E-state index < -0.39 is 22.6 Å². The molecule has 3 aliphatic rings. The summed E-state index contributed by atoms with van der Waals surface area (Å²) in [6.45, 7) is 5.10. The lowest BCUT2D eigenvalue weighted by atomic mass is 9.66. The fraction of sp³-hybridized carbons (Fsp3) is 0.640. The Balaban J connectivity index is 1.62. The van der Waals surface area contributed by atoms with Gasteiger partial charge in [0.05, 0.1) is 16.6 Å². The van der Waals surface area contributed by atoms with E-state index in [-0.39, 0.29) is 35.5 Å². The SMILES string of the molecule is CCCCCNC(=O)C1N(CCCO)C(=O)[C@@H]2[C@@H](C(=O)Nc3ccccc3)[C@H]3CC(C)C12S3. The Morgan fingerprint density at radius 1 is 1.18 bits per heavy atom. The third-order valence-corrected chi connectivity index (χ3v) is 9.55. The van der Waals surface area contributed by atoms with Crippen LogP contribution < -0.4 is 10.6 Å². The minimum atomic E-state index is -0.609. The van der Waals surface area contributed by atoms with E-state index in [1.807, 2.05) is 30.3 Å². The van der Waals surface area contributed by atoms with Gasteiger partial charge in [0.1, 0.15) is 6.04 Å². The number of hydrogen-bond acceptors (Lipinski definition) is 5. The largest absolute Gasteiger partial charge is 0.396 e.